The van der Waals surface area contributed by atoms with E-state index in [4.69, 9.17) is 4.79 Å². The number of ether oxygens (including phenoxy) is 1. The van der Waals surface area contributed by atoms with Crippen molar-refractivity contribution in [3.63, 3.8) is 0 Å². The van der Waals surface area contributed by atoms with Crippen LogP contribution in [0.3, 0.4) is 0 Å². The molecule has 0 rings (SSSR count). The van der Waals surface area contributed by atoms with Crippen molar-refractivity contribution in [3.05, 3.63) is 0 Å². The summed E-state index contributed by atoms with van der Waals surface area (Å²) < 4.78 is 4.03. The molecule has 0 amide bonds. The summed E-state index contributed by atoms with van der Waals surface area (Å²) in [7, 11) is 0. The van der Waals surface area contributed by atoms with E-state index in [9.17, 15) is 0 Å². The van der Waals surface area contributed by atoms with Gasteiger partial charge in [0.2, 0.25) is 0 Å². The zero-order chi connectivity index (χ0) is 4.12. The zero-order valence-electron chi connectivity index (χ0n) is 3.60. The van der Waals surface area contributed by atoms with Crippen LogP contribution in [0.15, 0.2) is 0 Å². The Balaban J connectivity index is 0. The van der Waals surface area contributed by atoms with Gasteiger partial charge in [-0.15, -0.1) is 0 Å². The summed E-state index contributed by atoms with van der Waals surface area (Å²) >= 11 is 0. The molecule has 0 aromatic carbocycles. The van der Waals surface area contributed by atoms with Gasteiger partial charge in [0.05, 0.1) is 0 Å². The minimum absolute atomic E-state index is 0. The third kappa shape index (κ3) is 8.82. The molecule has 0 fully saturated rings. The van der Waals surface area contributed by atoms with Crippen molar-refractivity contribution < 1.29 is 42.2 Å². The molecule has 0 unspecified atom stereocenters. The van der Waals surface area contributed by atoms with Gasteiger partial charge in [-0.3, -0.25) is 0 Å². The quantitative estimate of drug-likeness (QED) is 0.537. The van der Waals surface area contributed by atoms with E-state index in [1.807, 2.05) is 0 Å². The van der Waals surface area contributed by atoms with Crippen molar-refractivity contribution in [2.45, 2.75) is 6.92 Å². The second kappa shape index (κ2) is 9.13. The number of hydrogen-bond donors (Lipinski definition) is 0. The number of hydrogen-bond acceptors (Lipinski definition) is 2. The van der Waals surface area contributed by atoms with Crippen LogP contribution in [0.2, 0.25) is 0 Å². The SMILES string of the molecule is CCO[C-]=O.[Y+3]. The molecule has 3 heteroatoms. The van der Waals surface area contributed by atoms with Crippen LogP contribution in [0, 0.1) is 0 Å². The maximum atomic E-state index is 9.06. The fourth-order valence-corrected chi connectivity index (χ4v) is 0.0589. The van der Waals surface area contributed by atoms with Gasteiger partial charge in [0, 0.05) is 6.61 Å². The Kier molecular flexibility index (Phi) is 14.9. The van der Waals surface area contributed by atoms with Crippen molar-refractivity contribution in [1.82, 2.24) is 0 Å². The Morgan fingerprint density at radius 2 is 2.33 bits per heavy atom. The first kappa shape index (κ1) is 9.76. The molecule has 0 aliphatic heterocycles. The first-order chi connectivity index (χ1) is 2.41. The van der Waals surface area contributed by atoms with Crippen LogP contribution in [0.5, 0.6) is 0 Å². The molecule has 0 saturated heterocycles. The third-order valence-corrected chi connectivity index (χ3v) is 0.203. The molecule has 0 radical (unpaired) electrons. The topological polar surface area (TPSA) is 26.3 Å². The minimum Gasteiger partial charge on any atom is -0.653 e. The molecule has 0 bridgehead atoms. The van der Waals surface area contributed by atoms with E-state index in [-0.39, 0.29) is 32.7 Å². The number of carbonyl (C=O) groups excluding carboxylic acids is 1. The predicted molar refractivity (Wildman–Crippen MR) is 17.3 cm³/mol. The smallest absolute Gasteiger partial charge is 0.653 e. The van der Waals surface area contributed by atoms with Gasteiger partial charge in [0.1, 0.15) is 0 Å². The van der Waals surface area contributed by atoms with Gasteiger partial charge >= 0.3 is 32.7 Å². The summed E-state index contributed by atoms with van der Waals surface area (Å²) in [6.07, 6.45) is 0. The molecule has 0 N–H and O–H groups in total. The minimum atomic E-state index is 0. The van der Waals surface area contributed by atoms with Gasteiger partial charge < -0.3 is 9.53 Å². The van der Waals surface area contributed by atoms with E-state index in [0.29, 0.717) is 6.61 Å². The second-order valence-electron chi connectivity index (χ2n) is 0.516. The maximum Gasteiger partial charge on any atom is 3.00 e. The van der Waals surface area contributed by atoms with Gasteiger partial charge in [-0.2, -0.15) is 0 Å². The maximum absolute atomic E-state index is 9.06. The van der Waals surface area contributed by atoms with Crippen molar-refractivity contribution in [3.8, 4) is 0 Å². The van der Waals surface area contributed by atoms with Gasteiger partial charge in [0.15, 0.2) is 0 Å². The first-order valence-electron chi connectivity index (χ1n) is 1.40. The molecular weight excluding hydrogens is 157 g/mol. The molecule has 0 heterocycles. The van der Waals surface area contributed by atoms with Crippen LogP contribution in [-0.2, 0) is 42.2 Å². The molecule has 0 aromatic rings. The normalized spacial score (nSPS) is 5.50. The Labute approximate surface area is 62.1 Å². The fourth-order valence-electron chi connectivity index (χ4n) is 0.0589. The molecule has 0 atom stereocenters. The van der Waals surface area contributed by atoms with Gasteiger partial charge in [0.25, 0.3) is 0 Å². The van der Waals surface area contributed by atoms with E-state index in [1.54, 1.807) is 6.92 Å². The summed E-state index contributed by atoms with van der Waals surface area (Å²) in [6, 6.07) is 0. The Hall–Kier alpha value is 0.574. The van der Waals surface area contributed by atoms with Crippen LogP contribution < -0.4 is 0 Å². The van der Waals surface area contributed by atoms with E-state index in [0.717, 1.165) is 0 Å². The van der Waals surface area contributed by atoms with Crippen molar-refractivity contribution in [2.24, 2.45) is 0 Å². The van der Waals surface area contributed by atoms with Crippen molar-refractivity contribution in [1.29, 1.82) is 0 Å². The number of rotatable bonds is 2. The predicted octanol–water partition coefficient (Wildman–Crippen LogP) is 0.0876. The van der Waals surface area contributed by atoms with Crippen LogP contribution >= 0.6 is 0 Å². The Morgan fingerprint density at radius 3 is 2.33 bits per heavy atom. The monoisotopic (exact) mass is 162 g/mol. The van der Waals surface area contributed by atoms with Gasteiger partial charge in [-0.05, 0) is 6.92 Å². The van der Waals surface area contributed by atoms with E-state index >= 15 is 0 Å². The second-order valence-corrected chi connectivity index (χ2v) is 0.516. The summed E-state index contributed by atoms with van der Waals surface area (Å²) in [5, 5.41) is 0. The summed E-state index contributed by atoms with van der Waals surface area (Å²) in [5.74, 6) is 0. The molecule has 2 nitrogen and oxygen atoms in total. The average molecular weight is 162 g/mol. The van der Waals surface area contributed by atoms with E-state index < -0.39 is 0 Å². The van der Waals surface area contributed by atoms with Crippen LogP contribution in [0.4, 0.5) is 0 Å². The third-order valence-electron chi connectivity index (χ3n) is 0.203. The average Bonchev–Trinajstić information content (AvgIpc) is 1.41. The van der Waals surface area contributed by atoms with E-state index in [2.05, 4.69) is 4.74 Å². The van der Waals surface area contributed by atoms with E-state index in [1.165, 1.54) is 6.47 Å². The molecule has 0 aliphatic carbocycles. The zero-order valence-corrected chi connectivity index (χ0v) is 6.44. The first-order valence-corrected chi connectivity index (χ1v) is 1.40. The largest absolute Gasteiger partial charge is 3.00 e. The molecule has 0 spiro atoms. The summed E-state index contributed by atoms with van der Waals surface area (Å²) in [6.45, 7) is 3.41. The Morgan fingerprint density at radius 1 is 1.83 bits per heavy atom. The van der Waals surface area contributed by atoms with Gasteiger partial charge in [-0.1, -0.05) is 6.47 Å². The summed E-state index contributed by atoms with van der Waals surface area (Å²) in [4.78, 5) is 9.06. The molecule has 0 saturated carbocycles. The molecule has 30 valence electrons. The van der Waals surface area contributed by atoms with Crippen LogP contribution in [0.1, 0.15) is 6.92 Å². The standard InChI is InChI=1S/C3H5O2.Y/c1-2-5-3-4;/h2H2,1H3;/q-1;+3. The van der Waals surface area contributed by atoms with Crippen LogP contribution in [-0.4, -0.2) is 13.1 Å². The van der Waals surface area contributed by atoms with Crippen molar-refractivity contribution >= 4 is 6.47 Å². The fraction of sp³-hybridized carbons (Fsp3) is 0.667. The molecule has 6 heavy (non-hydrogen) atoms. The van der Waals surface area contributed by atoms with Gasteiger partial charge in [-0.25, -0.2) is 0 Å². The molecular formula is C3H5O2Y+2. The molecule has 0 aliphatic rings. The Bertz CT molecular complexity index is 30.0. The molecule has 0 aromatic heterocycles. The van der Waals surface area contributed by atoms with Crippen LogP contribution in [0.25, 0.3) is 0 Å². The summed E-state index contributed by atoms with van der Waals surface area (Å²) in [5.41, 5.74) is 0. The van der Waals surface area contributed by atoms with Crippen molar-refractivity contribution in [2.75, 3.05) is 6.61 Å².